The van der Waals surface area contributed by atoms with E-state index in [1.807, 2.05) is 64.3 Å². The Bertz CT molecular complexity index is 774. The maximum atomic E-state index is 12.4. The van der Waals surface area contributed by atoms with Crippen LogP contribution in [0.5, 0.6) is 0 Å². The summed E-state index contributed by atoms with van der Waals surface area (Å²) < 4.78 is 5.63. The lowest BCUT2D eigenvalue weighted by atomic mass is 10.1. The summed E-state index contributed by atoms with van der Waals surface area (Å²) in [5.74, 6) is -0.0638. The topological polar surface area (TPSA) is 67.4 Å². The molecule has 2 rings (SSSR count). The van der Waals surface area contributed by atoms with Crippen LogP contribution in [0.1, 0.15) is 11.1 Å². The number of amides is 2. The van der Waals surface area contributed by atoms with Crippen LogP contribution in [0, 0.1) is 13.8 Å². The maximum absolute atomic E-state index is 12.4. The molecule has 0 aliphatic heterocycles. The molecule has 152 valence electrons. The van der Waals surface area contributed by atoms with E-state index < -0.39 is 6.09 Å². The number of anilines is 2. The van der Waals surface area contributed by atoms with Crippen LogP contribution in [0.25, 0.3) is 0 Å². The summed E-state index contributed by atoms with van der Waals surface area (Å²) in [7, 11) is 3.87. The maximum Gasteiger partial charge on any atom is 0.411 e. The molecular weight excluding hydrogens is 378 g/mol. The van der Waals surface area contributed by atoms with Crippen molar-refractivity contribution in [3.63, 3.8) is 0 Å². The quantitative estimate of drug-likeness (QED) is 0.662. The molecule has 7 heteroatoms. The van der Waals surface area contributed by atoms with E-state index >= 15 is 0 Å². The van der Waals surface area contributed by atoms with E-state index in [1.54, 1.807) is 12.1 Å². The molecule has 0 spiro atoms. The standard InChI is InChI=1S/C21H27N3O3.ClH/c1-16-9-8-10-17(2)20(16)23-19(25)15-24(3,4)13-14-27-21(26)22-18-11-6-5-7-12-18;/h5-12H,13-15H2,1-4H3,(H-,22,23,25,26);1H. The number of likely N-dealkylation sites (N-methyl/N-ethyl adjacent to an activating group) is 1. The molecule has 0 aliphatic carbocycles. The number of halogens is 1. The lowest BCUT2D eigenvalue weighted by Crippen LogP contribution is -3.00. The minimum atomic E-state index is -0.499. The van der Waals surface area contributed by atoms with Crippen molar-refractivity contribution in [1.82, 2.24) is 0 Å². The molecule has 2 amide bonds. The SMILES string of the molecule is Cc1cccc(C)c1NC(=O)C[N+](C)(C)CCOC(=O)Nc1ccccc1.[Cl-]. The largest absolute Gasteiger partial charge is 1.00 e. The van der Waals surface area contributed by atoms with Crippen LogP contribution in [0.2, 0.25) is 0 Å². The van der Waals surface area contributed by atoms with Crippen LogP contribution in [0.15, 0.2) is 48.5 Å². The van der Waals surface area contributed by atoms with Crippen molar-refractivity contribution in [3.05, 3.63) is 59.7 Å². The molecule has 0 radical (unpaired) electrons. The Morgan fingerprint density at radius 3 is 2.14 bits per heavy atom. The molecule has 0 heterocycles. The second-order valence-electron chi connectivity index (χ2n) is 7.26. The first-order valence-electron chi connectivity index (χ1n) is 8.94. The summed E-state index contributed by atoms with van der Waals surface area (Å²) >= 11 is 0. The number of nitrogens with one attached hydrogen (secondary N) is 2. The Morgan fingerprint density at radius 1 is 0.929 bits per heavy atom. The van der Waals surface area contributed by atoms with Gasteiger partial charge >= 0.3 is 6.09 Å². The van der Waals surface area contributed by atoms with E-state index in [0.717, 1.165) is 16.8 Å². The van der Waals surface area contributed by atoms with Gasteiger partial charge in [0.15, 0.2) is 6.54 Å². The Morgan fingerprint density at radius 2 is 1.54 bits per heavy atom. The number of aryl methyl sites for hydroxylation is 2. The van der Waals surface area contributed by atoms with Crippen molar-refractivity contribution in [2.75, 3.05) is 44.4 Å². The van der Waals surface area contributed by atoms with Gasteiger partial charge in [-0.3, -0.25) is 10.1 Å². The van der Waals surface area contributed by atoms with Gasteiger partial charge in [-0.05, 0) is 37.1 Å². The molecular formula is C21H28ClN3O3. The molecule has 0 bridgehead atoms. The molecule has 0 unspecified atom stereocenters. The van der Waals surface area contributed by atoms with Crippen molar-refractivity contribution < 1.29 is 31.2 Å². The normalized spacial score (nSPS) is 10.6. The first kappa shape index (κ1) is 23.5. The first-order valence-corrected chi connectivity index (χ1v) is 8.94. The number of carbonyl (C=O) groups is 2. The highest BCUT2D eigenvalue weighted by molar-refractivity contribution is 5.93. The fraction of sp³-hybridized carbons (Fsp3) is 0.333. The number of rotatable bonds is 7. The fourth-order valence-corrected chi connectivity index (χ4v) is 2.72. The van der Waals surface area contributed by atoms with Crippen molar-refractivity contribution in [1.29, 1.82) is 0 Å². The molecule has 0 saturated heterocycles. The highest BCUT2D eigenvalue weighted by atomic mass is 35.5. The van der Waals surface area contributed by atoms with E-state index in [0.29, 0.717) is 16.7 Å². The molecule has 6 nitrogen and oxygen atoms in total. The van der Waals surface area contributed by atoms with Gasteiger partial charge in [-0.15, -0.1) is 0 Å². The Hall–Kier alpha value is -2.57. The van der Waals surface area contributed by atoms with Gasteiger partial charge in [-0.2, -0.15) is 0 Å². The number of para-hydroxylation sites is 2. The van der Waals surface area contributed by atoms with E-state index in [2.05, 4.69) is 10.6 Å². The lowest BCUT2D eigenvalue weighted by molar-refractivity contribution is -0.882. The number of nitrogens with zero attached hydrogens (tertiary/aromatic N) is 1. The van der Waals surface area contributed by atoms with Crippen molar-refractivity contribution in [2.45, 2.75) is 13.8 Å². The average molecular weight is 406 g/mol. The van der Waals surface area contributed by atoms with E-state index in [4.69, 9.17) is 4.74 Å². The van der Waals surface area contributed by atoms with Crippen LogP contribution in [0.3, 0.4) is 0 Å². The smallest absolute Gasteiger partial charge is 0.411 e. The summed E-state index contributed by atoms with van der Waals surface area (Å²) in [6.45, 7) is 4.99. The summed E-state index contributed by atoms with van der Waals surface area (Å²) in [4.78, 5) is 24.2. The number of hydrogen-bond donors (Lipinski definition) is 2. The van der Waals surface area contributed by atoms with Crippen LogP contribution in [-0.4, -0.2) is 50.3 Å². The summed E-state index contributed by atoms with van der Waals surface area (Å²) in [5, 5.41) is 5.66. The van der Waals surface area contributed by atoms with Gasteiger partial charge in [0.05, 0.1) is 14.1 Å². The fourth-order valence-electron chi connectivity index (χ4n) is 2.72. The van der Waals surface area contributed by atoms with Gasteiger partial charge in [0, 0.05) is 11.4 Å². The minimum Gasteiger partial charge on any atom is -1.00 e. The summed E-state index contributed by atoms with van der Waals surface area (Å²) in [6.07, 6.45) is -0.499. The van der Waals surface area contributed by atoms with Crippen molar-refractivity contribution in [3.8, 4) is 0 Å². The average Bonchev–Trinajstić information content (AvgIpc) is 2.58. The molecule has 0 fully saturated rings. The number of ether oxygens (including phenoxy) is 1. The number of benzene rings is 2. The van der Waals surface area contributed by atoms with Gasteiger partial charge in [0.1, 0.15) is 13.2 Å². The third-order valence-corrected chi connectivity index (χ3v) is 4.27. The van der Waals surface area contributed by atoms with Crippen molar-refractivity contribution in [2.24, 2.45) is 0 Å². The highest BCUT2D eigenvalue weighted by Crippen LogP contribution is 2.19. The second-order valence-corrected chi connectivity index (χ2v) is 7.26. The Balaban J connectivity index is 0.00000392. The molecule has 2 aromatic rings. The van der Waals surface area contributed by atoms with E-state index in [1.165, 1.54) is 0 Å². The molecule has 0 aliphatic rings. The zero-order valence-electron chi connectivity index (χ0n) is 16.8. The van der Waals surface area contributed by atoms with Gasteiger partial charge in [0.2, 0.25) is 0 Å². The van der Waals surface area contributed by atoms with Crippen LogP contribution < -0.4 is 23.0 Å². The number of carbonyl (C=O) groups excluding carboxylic acids is 2. The van der Waals surface area contributed by atoms with Crippen LogP contribution in [-0.2, 0) is 9.53 Å². The molecule has 28 heavy (non-hydrogen) atoms. The van der Waals surface area contributed by atoms with E-state index in [-0.39, 0.29) is 31.5 Å². The van der Waals surface area contributed by atoms with Crippen LogP contribution >= 0.6 is 0 Å². The minimum absolute atomic E-state index is 0. The van der Waals surface area contributed by atoms with Gasteiger partial charge in [-0.25, -0.2) is 4.79 Å². The number of quaternary nitrogens is 1. The third kappa shape index (κ3) is 7.58. The zero-order valence-corrected chi connectivity index (χ0v) is 17.5. The summed E-state index contributed by atoms with van der Waals surface area (Å²) in [6, 6.07) is 15.1. The Kier molecular flexibility index (Phi) is 8.96. The molecule has 0 atom stereocenters. The van der Waals surface area contributed by atoms with E-state index in [9.17, 15) is 9.59 Å². The second kappa shape index (κ2) is 10.7. The molecule has 0 saturated carbocycles. The summed E-state index contributed by atoms with van der Waals surface area (Å²) in [5.41, 5.74) is 3.62. The predicted molar refractivity (Wildman–Crippen MR) is 108 cm³/mol. The van der Waals surface area contributed by atoms with Gasteiger partial charge in [-0.1, -0.05) is 36.4 Å². The first-order chi connectivity index (χ1) is 12.8. The zero-order chi connectivity index (χ0) is 19.9. The predicted octanol–water partition coefficient (Wildman–Crippen LogP) is 0.571. The molecule has 2 aromatic carbocycles. The highest BCUT2D eigenvalue weighted by Gasteiger charge is 2.21. The number of hydrogen-bond acceptors (Lipinski definition) is 3. The monoisotopic (exact) mass is 405 g/mol. The third-order valence-electron chi connectivity index (χ3n) is 4.27. The lowest BCUT2D eigenvalue weighted by Gasteiger charge is -2.29. The van der Waals surface area contributed by atoms with Gasteiger partial charge < -0.3 is 26.9 Å². The Labute approximate surface area is 172 Å². The van der Waals surface area contributed by atoms with Crippen molar-refractivity contribution >= 4 is 23.4 Å². The van der Waals surface area contributed by atoms with Crippen LogP contribution in [0.4, 0.5) is 16.2 Å². The molecule has 0 aromatic heterocycles. The van der Waals surface area contributed by atoms with Gasteiger partial charge in [0.25, 0.3) is 5.91 Å². The molecule has 2 N–H and O–H groups in total.